The maximum Gasteiger partial charge on any atom is 0.251 e. The molecule has 1 aromatic carbocycles. The topological polar surface area (TPSA) is 92.7 Å². The molecule has 9 nitrogen and oxygen atoms in total. The van der Waals surface area contributed by atoms with Crippen LogP contribution in [0.3, 0.4) is 0 Å². The van der Waals surface area contributed by atoms with Gasteiger partial charge in [0.1, 0.15) is 5.82 Å². The first kappa shape index (κ1) is 20.6. The highest BCUT2D eigenvalue weighted by atomic mass is 16.5. The van der Waals surface area contributed by atoms with E-state index >= 15 is 0 Å². The smallest absolute Gasteiger partial charge is 0.251 e. The largest absolute Gasteiger partial charge is 0.378 e. The maximum absolute atomic E-state index is 12.1. The van der Waals surface area contributed by atoms with Gasteiger partial charge >= 0.3 is 0 Å². The number of hydrogen-bond acceptors (Lipinski definition) is 8. The van der Waals surface area contributed by atoms with Crippen molar-refractivity contribution >= 4 is 28.7 Å². The van der Waals surface area contributed by atoms with Crippen molar-refractivity contribution in [3.8, 4) is 11.3 Å². The molecule has 0 bridgehead atoms. The van der Waals surface area contributed by atoms with Crippen LogP contribution in [-0.2, 0) is 9.47 Å². The van der Waals surface area contributed by atoms with Crippen LogP contribution >= 0.6 is 0 Å². The Labute approximate surface area is 186 Å². The van der Waals surface area contributed by atoms with Crippen molar-refractivity contribution in [1.82, 2.24) is 20.3 Å². The standard InChI is InChI=1S/C23H26N6O3/c1-24-22(30)17-4-2-3-16(15-17)19-6-5-18-20(25-19)26-23(29-9-13-32-14-10-29)27-21(18)28-7-11-31-12-8-28/h2-6,15H,7-14H2,1H3,(H,24,30). The van der Waals surface area contributed by atoms with Gasteiger partial charge in [-0.05, 0) is 24.3 Å². The first-order valence-electron chi connectivity index (χ1n) is 10.9. The Morgan fingerprint density at radius 2 is 1.62 bits per heavy atom. The zero-order valence-electron chi connectivity index (χ0n) is 18.1. The van der Waals surface area contributed by atoms with E-state index in [1.165, 1.54) is 0 Å². The molecule has 2 aliphatic heterocycles. The Morgan fingerprint density at radius 3 is 2.34 bits per heavy atom. The van der Waals surface area contributed by atoms with Gasteiger partial charge in [-0.25, -0.2) is 4.98 Å². The molecule has 0 atom stereocenters. The Bertz CT molecular complexity index is 1130. The summed E-state index contributed by atoms with van der Waals surface area (Å²) in [4.78, 5) is 31.1. The molecular weight excluding hydrogens is 408 g/mol. The molecule has 0 spiro atoms. The highest BCUT2D eigenvalue weighted by Gasteiger charge is 2.22. The van der Waals surface area contributed by atoms with Gasteiger partial charge in [-0.15, -0.1) is 0 Å². The van der Waals surface area contributed by atoms with E-state index in [1.54, 1.807) is 13.1 Å². The van der Waals surface area contributed by atoms with E-state index in [4.69, 9.17) is 24.4 Å². The highest BCUT2D eigenvalue weighted by molar-refractivity contribution is 5.95. The molecule has 2 fully saturated rings. The lowest BCUT2D eigenvalue weighted by Gasteiger charge is -2.31. The van der Waals surface area contributed by atoms with Crippen molar-refractivity contribution in [1.29, 1.82) is 0 Å². The second-order valence-corrected chi connectivity index (χ2v) is 7.77. The van der Waals surface area contributed by atoms with Crippen LogP contribution < -0.4 is 15.1 Å². The lowest BCUT2D eigenvalue weighted by atomic mass is 10.1. The average molecular weight is 435 g/mol. The van der Waals surface area contributed by atoms with E-state index in [0.29, 0.717) is 43.6 Å². The zero-order chi connectivity index (χ0) is 21.9. The van der Waals surface area contributed by atoms with Crippen LogP contribution in [0.25, 0.3) is 22.3 Å². The number of fused-ring (bicyclic) bond motifs is 1. The number of hydrogen-bond donors (Lipinski definition) is 1. The van der Waals surface area contributed by atoms with E-state index in [9.17, 15) is 4.79 Å². The average Bonchev–Trinajstić information content (AvgIpc) is 2.88. The number of rotatable bonds is 4. The molecule has 1 N–H and O–H groups in total. The Morgan fingerprint density at radius 1 is 0.906 bits per heavy atom. The first-order valence-corrected chi connectivity index (χ1v) is 10.9. The summed E-state index contributed by atoms with van der Waals surface area (Å²) in [6.07, 6.45) is 0. The van der Waals surface area contributed by atoms with Crippen LogP contribution in [-0.4, -0.2) is 80.5 Å². The fourth-order valence-electron chi connectivity index (χ4n) is 4.03. The molecule has 0 saturated carbocycles. The summed E-state index contributed by atoms with van der Waals surface area (Å²) in [6, 6.07) is 11.4. The lowest BCUT2D eigenvalue weighted by Crippen LogP contribution is -2.39. The molecule has 4 heterocycles. The fraction of sp³-hybridized carbons (Fsp3) is 0.391. The third-order valence-corrected chi connectivity index (χ3v) is 5.78. The van der Waals surface area contributed by atoms with E-state index in [-0.39, 0.29) is 5.91 Å². The second kappa shape index (κ2) is 9.05. The predicted octanol–water partition coefficient (Wildman–Crippen LogP) is 1.72. The van der Waals surface area contributed by atoms with Gasteiger partial charge in [0, 0.05) is 44.4 Å². The summed E-state index contributed by atoms with van der Waals surface area (Å²) in [5.74, 6) is 1.43. The van der Waals surface area contributed by atoms with Crippen LogP contribution in [0.2, 0.25) is 0 Å². The predicted molar refractivity (Wildman–Crippen MR) is 122 cm³/mol. The van der Waals surface area contributed by atoms with Crippen molar-refractivity contribution in [3.63, 3.8) is 0 Å². The van der Waals surface area contributed by atoms with Gasteiger partial charge in [-0.2, -0.15) is 9.97 Å². The van der Waals surface area contributed by atoms with Gasteiger partial charge in [0.15, 0.2) is 5.65 Å². The van der Waals surface area contributed by atoms with Crippen molar-refractivity contribution in [2.75, 3.05) is 69.5 Å². The molecule has 166 valence electrons. The minimum atomic E-state index is -0.126. The molecule has 0 unspecified atom stereocenters. The third-order valence-electron chi connectivity index (χ3n) is 5.78. The monoisotopic (exact) mass is 434 g/mol. The number of pyridine rings is 1. The fourth-order valence-corrected chi connectivity index (χ4v) is 4.03. The van der Waals surface area contributed by atoms with E-state index in [1.807, 2.05) is 30.3 Å². The van der Waals surface area contributed by atoms with E-state index in [0.717, 1.165) is 48.6 Å². The maximum atomic E-state index is 12.1. The number of anilines is 2. The summed E-state index contributed by atoms with van der Waals surface area (Å²) >= 11 is 0. The number of ether oxygens (including phenoxy) is 2. The number of aromatic nitrogens is 3. The Kier molecular flexibility index (Phi) is 5.83. The number of nitrogens with zero attached hydrogens (tertiary/aromatic N) is 5. The molecular formula is C23H26N6O3. The van der Waals surface area contributed by atoms with Gasteiger partial charge in [0.2, 0.25) is 5.95 Å². The summed E-state index contributed by atoms with van der Waals surface area (Å²) < 4.78 is 11.0. The van der Waals surface area contributed by atoms with Crippen molar-refractivity contribution < 1.29 is 14.3 Å². The van der Waals surface area contributed by atoms with Crippen LogP contribution in [0, 0.1) is 0 Å². The van der Waals surface area contributed by atoms with Gasteiger partial charge in [0.05, 0.1) is 37.5 Å². The van der Waals surface area contributed by atoms with Crippen LogP contribution in [0.15, 0.2) is 36.4 Å². The number of morpholine rings is 2. The number of amides is 1. The van der Waals surface area contributed by atoms with Crippen molar-refractivity contribution in [2.24, 2.45) is 0 Å². The van der Waals surface area contributed by atoms with Gasteiger partial charge < -0.3 is 24.6 Å². The summed E-state index contributed by atoms with van der Waals surface area (Å²) in [6.45, 7) is 5.74. The number of nitrogens with one attached hydrogen (secondary N) is 1. The van der Waals surface area contributed by atoms with Crippen LogP contribution in [0.5, 0.6) is 0 Å². The quantitative estimate of drug-likeness (QED) is 0.664. The van der Waals surface area contributed by atoms with Gasteiger partial charge in [-0.3, -0.25) is 4.79 Å². The number of carbonyl (C=O) groups is 1. The Balaban J connectivity index is 1.60. The van der Waals surface area contributed by atoms with Crippen LogP contribution in [0.1, 0.15) is 10.4 Å². The minimum Gasteiger partial charge on any atom is -0.378 e. The molecule has 32 heavy (non-hydrogen) atoms. The van der Waals surface area contributed by atoms with Crippen molar-refractivity contribution in [3.05, 3.63) is 42.0 Å². The molecule has 2 aliphatic rings. The molecule has 2 aromatic heterocycles. The molecule has 0 radical (unpaired) electrons. The molecule has 5 rings (SSSR count). The second-order valence-electron chi connectivity index (χ2n) is 7.77. The zero-order valence-corrected chi connectivity index (χ0v) is 18.1. The highest BCUT2D eigenvalue weighted by Crippen LogP contribution is 2.29. The summed E-state index contributed by atoms with van der Waals surface area (Å²) in [7, 11) is 1.63. The molecule has 1 amide bonds. The third kappa shape index (κ3) is 4.09. The normalized spacial score (nSPS) is 16.9. The van der Waals surface area contributed by atoms with Crippen molar-refractivity contribution in [2.45, 2.75) is 0 Å². The van der Waals surface area contributed by atoms with Gasteiger partial charge in [-0.1, -0.05) is 12.1 Å². The molecule has 9 heteroatoms. The van der Waals surface area contributed by atoms with E-state index < -0.39 is 0 Å². The Hall–Kier alpha value is -3.30. The first-order chi connectivity index (χ1) is 15.7. The van der Waals surface area contributed by atoms with E-state index in [2.05, 4.69) is 15.1 Å². The minimum absolute atomic E-state index is 0.126. The number of carbonyl (C=O) groups excluding carboxylic acids is 1. The molecule has 2 saturated heterocycles. The molecule has 3 aromatic rings. The summed E-state index contributed by atoms with van der Waals surface area (Å²) in [5.41, 5.74) is 2.87. The SMILES string of the molecule is CNC(=O)c1cccc(-c2ccc3c(N4CCOCC4)nc(N4CCOCC4)nc3n2)c1. The lowest BCUT2D eigenvalue weighted by molar-refractivity contribution is 0.0963. The van der Waals surface area contributed by atoms with Gasteiger partial charge in [0.25, 0.3) is 5.91 Å². The number of benzene rings is 1. The van der Waals surface area contributed by atoms with Crippen LogP contribution in [0.4, 0.5) is 11.8 Å². The molecule has 0 aliphatic carbocycles. The summed E-state index contributed by atoms with van der Waals surface area (Å²) in [5, 5.41) is 3.58.